The maximum Gasteiger partial charge on any atom is 0.280 e. The van der Waals surface area contributed by atoms with Gasteiger partial charge in [-0.3, -0.25) is 4.79 Å². The first-order valence-corrected chi connectivity index (χ1v) is 12.2. The van der Waals surface area contributed by atoms with Crippen molar-refractivity contribution in [2.75, 3.05) is 49.1 Å². The van der Waals surface area contributed by atoms with E-state index in [-0.39, 0.29) is 29.5 Å². The molecule has 6 nitrogen and oxygen atoms in total. The molecule has 0 unspecified atom stereocenters. The summed E-state index contributed by atoms with van der Waals surface area (Å²) in [5, 5.41) is 0. The normalized spacial score (nSPS) is 23.6. The molecule has 0 bridgehead atoms. The highest BCUT2D eigenvalue weighted by molar-refractivity contribution is 7.91. The van der Waals surface area contributed by atoms with Gasteiger partial charge in [-0.05, 0) is 51.3 Å². The number of quaternary nitrogens is 1. The van der Waals surface area contributed by atoms with Gasteiger partial charge in [-0.1, -0.05) is 12.1 Å². The Bertz CT molecular complexity index is 816. The maximum absolute atomic E-state index is 13.1. The monoisotopic (exact) mass is 408 g/mol. The van der Waals surface area contributed by atoms with Crippen LogP contribution in [-0.2, 0) is 14.6 Å². The van der Waals surface area contributed by atoms with Crippen LogP contribution in [0.3, 0.4) is 0 Å². The minimum atomic E-state index is -2.99. The molecule has 3 rings (SSSR count). The molecule has 2 saturated heterocycles. The van der Waals surface area contributed by atoms with Crippen LogP contribution in [0.4, 0.5) is 5.69 Å². The molecule has 156 valence electrons. The average Bonchev–Trinajstić information content (AvgIpc) is 3.03. The molecule has 7 heteroatoms. The molecule has 0 aliphatic carbocycles. The van der Waals surface area contributed by atoms with E-state index in [1.807, 2.05) is 13.8 Å². The topological polar surface area (TPSA) is 62.1 Å². The number of nitrogens with one attached hydrogen (secondary N) is 1. The lowest BCUT2D eigenvalue weighted by Gasteiger charge is -2.38. The standard InChI is InChI=1S/C21H33N3O3S/c1-5-24(19-9-14-28(26,27)15-19)21(25)18(4)22-10-12-23(13-11-22)20-8-6-7-16(2)17(20)3/h6-8,18-19H,5,9-15H2,1-4H3/p+1/t18-,19+/m1/s1. The molecule has 1 aromatic carbocycles. The summed E-state index contributed by atoms with van der Waals surface area (Å²) < 4.78 is 23.7. The number of nitrogens with zero attached hydrogens (tertiary/aromatic N) is 2. The lowest BCUT2D eigenvalue weighted by atomic mass is 10.1. The number of aryl methyl sites for hydroxylation is 1. The molecule has 1 amide bonds. The van der Waals surface area contributed by atoms with E-state index in [2.05, 4.69) is 36.9 Å². The molecule has 1 aromatic rings. The summed E-state index contributed by atoms with van der Waals surface area (Å²) in [6, 6.07) is 6.15. The molecule has 0 aromatic heterocycles. The molecule has 2 atom stereocenters. The zero-order valence-corrected chi connectivity index (χ0v) is 18.4. The van der Waals surface area contributed by atoms with Gasteiger partial charge < -0.3 is 14.7 Å². The number of amides is 1. The Labute approximate surface area is 169 Å². The van der Waals surface area contributed by atoms with E-state index >= 15 is 0 Å². The van der Waals surface area contributed by atoms with Crippen molar-refractivity contribution in [2.24, 2.45) is 0 Å². The number of carbonyl (C=O) groups excluding carboxylic acids is 1. The summed E-state index contributed by atoms with van der Waals surface area (Å²) in [5.74, 6) is 0.423. The molecule has 2 aliphatic heterocycles. The lowest BCUT2D eigenvalue weighted by Crippen LogP contribution is -3.19. The fourth-order valence-corrected chi connectivity index (χ4v) is 6.32. The summed E-state index contributed by atoms with van der Waals surface area (Å²) in [5.41, 5.74) is 3.93. The second-order valence-electron chi connectivity index (χ2n) is 8.27. The highest BCUT2D eigenvalue weighted by atomic mass is 32.2. The van der Waals surface area contributed by atoms with Crippen molar-refractivity contribution in [3.63, 3.8) is 0 Å². The zero-order valence-electron chi connectivity index (χ0n) is 17.6. The van der Waals surface area contributed by atoms with Crippen LogP contribution in [-0.4, -0.2) is 75.5 Å². The number of likely N-dealkylation sites (N-methyl/N-ethyl adjacent to an activating group) is 1. The van der Waals surface area contributed by atoms with Crippen molar-refractivity contribution in [1.29, 1.82) is 0 Å². The van der Waals surface area contributed by atoms with Crippen LogP contribution in [0.25, 0.3) is 0 Å². The molecular weight excluding hydrogens is 374 g/mol. The zero-order chi connectivity index (χ0) is 20.5. The minimum Gasteiger partial charge on any atom is -0.360 e. The third-order valence-corrected chi connectivity index (χ3v) is 8.33. The Morgan fingerprint density at radius 2 is 1.96 bits per heavy atom. The highest BCUT2D eigenvalue weighted by Gasteiger charge is 2.38. The van der Waals surface area contributed by atoms with E-state index < -0.39 is 9.84 Å². The van der Waals surface area contributed by atoms with Gasteiger partial charge in [0.05, 0.1) is 37.7 Å². The first-order valence-electron chi connectivity index (χ1n) is 10.4. The highest BCUT2D eigenvalue weighted by Crippen LogP contribution is 2.22. The fourth-order valence-electron chi connectivity index (χ4n) is 4.58. The Balaban J connectivity index is 1.62. The molecule has 0 radical (unpaired) electrons. The van der Waals surface area contributed by atoms with Gasteiger partial charge in [-0.25, -0.2) is 8.42 Å². The number of hydrogen-bond donors (Lipinski definition) is 1. The second kappa shape index (κ2) is 8.41. The molecule has 0 saturated carbocycles. The largest absolute Gasteiger partial charge is 0.360 e. The number of hydrogen-bond acceptors (Lipinski definition) is 4. The van der Waals surface area contributed by atoms with Crippen LogP contribution in [0.1, 0.15) is 31.4 Å². The van der Waals surface area contributed by atoms with Crippen LogP contribution in [0.5, 0.6) is 0 Å². The predicted octanol–water partition coefficient (Wildman–Crippen LogP) is 0.432. The van der Waals surface area contributed by atoms with E-state index in [0.29, 0.717) is 13.0 Å². The molecule has 2 heterocycles. The number of carbonyl (C=O) groups is 1. The van der Waals surface area contributed by atoms with Gasteiger partial charge in [0.15, 0.2) is 15.9 Å². The minimum absolute atomic E-state index is 0.0970. The van der Waals surface area contributed by atoms with Crippen LogP contribution >= 0.6 is 0 Å². The van der Waals surface area contributed by atoms with Crippen LogP contribution in [0.15, 0.2) is 18.2 Å². The van der Waals surface area contributed by atoms with Crippen molar-refractivity contribution in [3.8, 4) is 0 Å². The molecule has 2 aliphatic rings. The van der Waals surface area contributed by atoms with Crippen molar-refractivity contribution in [2.45, 2.75) is 46.2 Å². The summed E-state index contributed by atoms with van der Waals surface area (Å²) in [6.45, 7) is 12.5. The number of piperazine rings is 1. The Kier molecular flexibility index (Phi) is 6.34. The van der Waals surface area contributed by atoms with E-state index in [1.165, 1.54) is 21.7 Å². The summed E-state index contributed by atoms with van der Waals surface area (Å²) in [7, 11) is -2.99. The second-order valence-corrected chi connectivity index (χ2v) is 10.5. The summed E-state index contributed by atoms with van der Waals surface area (Å²) in [4.78, 5) is 18.6. The molecule has 28 heavy (non-hydrogen) atoms. The fraction of sp³-hybridized carbons (Fsp3) is 0.667. The Morgan fingerprint density at radius 3 is 2.54 bits per heavy atom. The first-order chi connectivity index (χ1) is 13.2. The third-order valence-electron chi connectivity index (χ3n) is 6.58. The van der Waals surface area contributed by atoms with E-state index in [9.17, 15) is 13.2 Å². The van der Waals surface area contributed by atoms with Crippen LogP contribution in [0, 0.1) is 13.8 Å². The van der Waals surface area contributed by atoms with Crippen LogP contribution in [0.2, 0.25) is 0 Å². The number of benzene rings is 1. The number of rotatable bonds is 5. The number of sulfone groups is 1. The first kappa shape index (κ1) is 21.1. The maximum atomic E-state index is 13.1. The molecular formula is C21H34N3O3S+. The third kappa shape index (κ3) is 4.35. The van der Waals surface area contributed by atoms with Gasteiger partial charge in [-0.15, -0.1) is 0 Å². The van der Waals surface area contributed by atoms with Gasteiger partial charge in [0.1, 0.15) is 0 Å². The van der Waals surface area contributed by atoms with Crippen molar-refractivity contribution in [1.82, 2.24) is 4.90 Å². The van der Waals surface area contributed by atoms with Crippen molar-refractivity contribution in [3.05, 3.63) is 29.3 Å². The SMILES string of the molecule is CCN(C(=O)[C@@H](C)[NH+]1CCN(c2cccc(C)c2C)CC1)[C@H]1CCS(=O)(=O)C1. The van der Waals surface area contributed by atoms with Gasteiger partial charge in [0.25, 0.3) is 5.91 Å². The quantitative estimate of drug-likeness (QED) is 0.768. The van der Waals surface area contributed by atoms with Crippen molar-refractivity contribution >= 4 is 21.4 Å². The van der Waals surface area contributed by atoms with E-state index in [4.69, 9.17) is 0 Å². The molecule has 0 spiro atoms. The van der Waals surface area contributed by atoms with Gasteiger partial charge in [0.2, 0.25) is 0 Å². The van der Waals surface area contributed by atoms with Gasteiger partial charge in [-0.2, -0.15) is 0 Å². The van der Waals surface area contributed by atoms with Crippen molar-refractivity contribution < 1.29 is 18.1 Å². The molecule has 2 fully saturated rings. The summed E-state index contributed by atoms with van der Waals surface area (Å²) >= 11 is 0. The van der Waals surface area contributed by atoms with E-state index in [0.717, 1.165) is 26.2 Å². The smallest absolute Gasteiger partial charge is 0.280 e. The Morgan fingerprint density at radius 1 is 1.29 bits per heavy atom. The predicted molar refractivity (Wildman–Crippen MR) is 113 cm³/mol. The van der Waals surface area contributed by atoms with Gasteiger partial charge >= 0.3 is 0 Å². The number of anilines is 1. The molecule has 1 N–H and O–H groups in total. The average molecular weight is 409 g/mol. The van der Waals surface area contributed by atoms with Crippen LogP contribution < -0.4 is 9.80 Å². The van der Waals surface area contributed by atoms with E-state index in [1.54, 1.807) is 4.90 Å². The lowest BCUT2D eigenvalue weighted by molar-refractivity contribution is -0.915. The summed E-state index contributed by atoms with van der Waals surface area (Å²) in [6.07, 6.45) is 0.574. The Hall–Kier alpha value is -1.60. The van der Waals surface area contributed by atoms with Gasteiger partial charge in [0, 0.05) is 18.3 Å².